The zero-order valence-corrected chi connectivity index (χ0v) is 35.2. The number of carbonyl (C=O) groups excluding carboxylic acids is 4. The van der Waals surface area contributed by atoms with Crippen LogP contribution in [0.15, 0.2) is 84.9 Å². The third kappa shape index (κ3) is 13.6. The van der Waals surface area contributed by atoms with Gasteiger partial charge in [-0.2, -0.15) is 0 Å². The maximum Gasteiger partial charge on any atom is 0.407 e. The lowest BCUT2D eigenvalue weighted by Crippen LogP contribution is -2.59. The zero-order chi connectivity index (χ0) is 42.6. The number of hydrogen-bond donors (Lipinski definition) is 2. The Morgan fingerprint density at radius 1 is 0.807 bits per heavy atom. The summed E-state index contributed by atoms with van der Waals surface area (Å²) in [5, 5.41) is 3.92. The molecule has 0 unspecified atom stereocenters. The Labute approximate surface area is 341 Å². The summed E-state index contributed by atoms with van der Waals surface area (Å²) in [6.07, 6.45) is 3.54. The van der Waals surface area contributed by atoms with E-state index in [2.05, 4.69) is 22.9 Å². The number of carbonyl (C=O) groups is 4. The van der Waals surface area contributed by atoms with Crippen LogP contribution in [0.1, 0.15) is 106 Å². The van der Waals surface area contributed by atoms with Crippen LogP contribution in [0, 0.1) is 23.7 Å². The molecule has 3 amide bonds. The van der Waals surface area contributed by atoms with E-state index in [1.54, 1.807) is 34.6 Å². The van der Waals surface area contributed by atoms with Crippen molar-refractivity contribution in [1.29, 1.82) is 0 Å². The highest BCUT2D eigenvalue weighted by molar-refractivity contribution is 5.90. The minimum absolute atomic E-state index is 0.0246. The molecule has 0 spiro atoms. The van der Waals surface area contributed by atoms with Gasteiger partial charge in [-0.25, -0.2) is 4.79 Å². The van der Waals surface area contributed by atoms with Crippen molar-refractivity contribution < 1.29 is 34.8 Å². The molecule has 0 saturated carbocycles. The molecule has 57 heavy (non-hydrogen) atoms. The number of hydrazine groups is 1. The van der Waals surface area contributed by atoms with E-state index in [0.29, 0.717) is 6.42 Å². The van der Waals surface area contributed by atoms with E-state index in [1.165, 1.54) is 5.01 Å². The lowest BCUT2D eigenvalue weighted by Gasteiger charge is -2.34. The van der Waals surface area contributed by atoms with Gasteiger partial charge < -0.3 is 19.5 Å². The van der Waals surface area contributed by atoms with Gasteiger partial charge in [0.1, 0.15) is 18.2 Å². The average Bonchev–Trinajstić information content (AvgIpc) is 3.48. The molecule has 0 heterocycles. The molecule has 308 valence electrons. The fourth-order valence-electron chi connectivity index (χ4n) is 6.90. The second kappa shape index (κ2) is 19.9. The zero-order valence-electron chi connectivity index (χ0n) is 36.2. The first-order valence-corrected chi connectivity index (χ1v) is 20.0. The molecule has 3 atom stereocenters. The number of esters is 1. The Kier molecular flexibility index (Phi) is 15.1. The van der Waals surface area contributed by atoms with Crippen molar-refractivity contribution in [2.45, 2.75) is 105 Å². The smallest absolute Gasteiger partial charge is 0.407 e. The van der Waals surface area contributed by atoms with Crippen LogP contribution in [0.4, 0.5) is 4.79 Å². The molecule has 3 aromatic carbocycles. The number of alkyl carbamates (subject to hydrolysis) is 1. The summed E-state index contributed by atoms with van der Waals surface area (Å²) in [4.78, 5) is 56.4. The number of ether oxygens (including phenoxy) is 3. The Bertz CT molecular complexity index is 1830. The van der Waals surface area contributed by atoms with Gasteiger partial charge in [-0.1, -0.05) is 119 Å². The predicted molar refractivity (Wildman–Crippen MR) is 225 cm³/mol. The fourth-order valence-corrected chi connectivity index (χ4v) is 6.90. The van der Waals surface area contributed by atoms with Crippen LogP contribution in [0.25, 0.3) is 17.2 Å². The van der Waals surface area contributed by atoms with E-state index >= 15 is 0 Å². The molecule has 1 aliphatic carbocycles. The summed E-state index contributed by atoms with van der Waals surface area (Å²) in [5.41, 5.74) is 6.36. The third-order valence-corrected chi connectivity index (χ3v) is 9.39. The number of rotatable bonds is 16. The monoisotopic (exact) mass is 782 g/mol. The second-order valence-electron chi connectivity index (χ2n) is 17.3. The molecule has 10 heteroatoms. The predicted octanol–water partition coefficient (Wildman–Crippen LogP) is 8.95. The highest BCUT2D eigenvalue weighted by atomic mass is 16.6. The molecule has 10 nitrogen and oxygen atoms in total. The van der Waals surface area contributed by atoms with Gasteiger partial charge in [-0.3, -0.25) is 24.8 Å². The lowest BCUT2D eigenvalue weighted by atomic mass is 9.82. The van der Waals surface area contributed by atoms with Crippen LogP contribution in [0.2, 0.25) is 0 Å². The maximum atomic E-state index is 14.5. The van der Waals surface area contributed by atoms with Gasteiger partial charge in [-0.05, 0) is 94.0 Å². The van der Waals surface area contributed by atoms with Crippen molar-refractivity contribution in [3.8, 4) is 11.1 Å². The van der Waals surface area contributed by atoms with Gasteiger partial charge in [0, 0.05) is 13.8 Å². The highest BCUT2D eigenvalue weighted by Gasteiger charge is 2.39. The maximum absolute atomic E-state index is 14.5. The molecular weight excluding hydrogens is 719 g/mol. The average molecular weight is 783 g/mol. The van der Waals surface area contributed by atoms with Crippen LogP contribution >= 0.6 is 0 Å². The molecular formula is C47H63N3O7. The van der Waals surface area contributed by atoms with Crippen molar-refractivity contribution in [3.63, 3.8) is 0 Å². The van der Waals surface area contributed by atoms with Crippen molar-refractivity contribution in [1.82, 2.24) is 15.8 Å². The summed E-state index contributed by atoms with van der Waals surface area (Å²) in [6.45, 7) is 16.3. The number of allylic oxidation sites excluding steroid dienone is 1. The van der Waals surface area contributed by atoms with Gasteiger partial charge in [-0.15, -0.1) is 0 Å². The molecule has 0 fully saturated rings. The molecule has 0 aliphatic heterocycles. The summed E-state index contributed by atoms with van der Waals surface area (Å²) < 4.78 is 25.6. The Morgan fingerprint density at radius 2 is 1.40 bits per heavy atom. The quantitative estimate of drug-likeness (QED) is 0.110. The van der Waals surface area contributed by atoms with Crippen LogP contribution in [-0.4, -0.2) is 65.9 Å². The first-order chi connectivity index (χ1) is 27.4. The van der Waals surface area contributed by atoms with Gasteiger partial charge in [0.2, 0.25) is 5.91 Å². The van der Waals surface area contributed by atoms with Crippen molar-refractivity contribution in [2.24, 2.45) is 23.7 Å². The van der Waals surface area contributed by atoms with E-state index < -0.39 is 53.0 Å². The van der Waals surface area contributed by atoms with Crippen molar-refractivity contribution in [2.75, 3.05) is 19.8 Å². The SMILES string of the molecule is [2H]CC(C)(C)OC[C@H](NC(=O)OCC1c2ccccc2-c2ccccc21)C(=O)N(CC(C)C)NC(=O)[C@H](CC(C)C)[C@H](C/C=C/c1ccccc1)C(=O)OC(C)(C)C. The van der Waals surface area contributed by atoms with Gasteiger partial charge in [0.25, 0.3) is 5.91 Å². The molecule has 4 rings (SSSR count). The number of fused-ring (bicyclic) bond motifs is 3. The molecule has 3 aromatic rings. The van der Waals surface area contributed by atoms with Crippen LogP contribution in [0.3, 0.4) is 0 Å². The summed E-state index contributed by atoms with van der Waals surface area (Å²) in [7, 11) is 0. The van der Waals surface area contributed by atoms with Crippen molar-refractivity contribution in [3.05, 3.63) is 102 Å². The van der Waals surface area contributed by atoms with E-state index in [-0.39, 0.29) is 50.8 Å². The van der Waals surface area contributed by atoms with E-state index in [9.17, 15) is 19.2 Å². The van der Waals surface area contributed by atoms with Crippen LogP contribution in [-0.2, 0) is 28.6 Å². The number of amides is 3. The minimum atomic E-state index is -1.28. The molecule has 0 saturated heterocycles. The number of nitrogens with one attached hydrogen (secondary N) is 2. The minimum Gasteiger partial charge on any atom is -0.460 e. The number of hydrogen-bond acceptors (Lipinski definition) is 7. The summed E-state index contributed by atoms with van der Waals surface area (Å²) in [6, 6.07) is 24.4. The van der Waals surface area contributed by atoms with E-state index in [0.717, 1.165) is 27.8 Å². The van der Waals surface area contributed by atoms with Gasteiger partial charge >= 0.3 is 12.1 Å². The van der Waals surface area contributed by atoms with E-state index in [1.807, 2.05) is 107 Å². The van der Waals surface area contributed by atoms with Gasteiger partial charge in [0.15, 0.2) is 0 Å². The molecule has 0 radical (unpaired) electrons. The van der Waals surface area contributed by atoms with Gasteiger partial charge in [0.05, 0.1) is 24.0 Å². The molecule has 0 bridgehead atoms. The number of benzene rings is 3. The number of nitrogens with zero attached hydrogens (tertiary/aromatic N) is 1. The standard InChI is InChI=1S/C47H63N3O7/c1-31(2)27-39(38(44(53)57-47(8,9)10)26-18-21-33-19-12-11-13-20-33)42(51)49-50(28-32(3)4)43(52)41(30-56-46(5,6)7)48-45(54)55-29-40-36-24-16-14-22-34(36)35-23-15-17-25-37(35)40/h11-25,31-32,38-41H,26-30H2,1-10H3,(H,48,54)(H,49,51)/b21-18+/t38-,39+,41-/m0/s1/i5D. The van der Waals surface area contributed by atoms with Crippen molar-refractivity contribution >= 4 is 30.0 Å². The van der Waals surface area contributed by atoms with Crippen LogP contribution < -0.4 is 10.7 Å². The topological polar surface area (TPSA) is 123 Å². The Hall–Kier alpha value is -4.96. The first-order valence-electron chi connectivity index (χ1n) is 20.7. The normalized spacial score (nSPS) is 14.7. The largest absolute Gasteiger partial charge is 0.460 e. The molecule has 1 aliphatic rings. The molecule has 0 aromatic heterocycles. The summed E-state index contributed by atoms with van der Waals surface area (Å²) >= 11 is 0. The summed E-state index contributed by atoms with van der Waals surface area (Å²) in [5.74, 6) is -3.62. The Morgan fingerprint density at radius 3 is 1.96 bits per heavy atom. The highest BCUT2D eigenvalue weighted by Crippen LogP contribution is 2.44. The third-order valence-electron chi connectivity index (χ3n) is 9.39. The fraction of sp³-hybridized carbons (Fsp3) is 0.489. The lowest BCUT2D eigenvalue weighted by molar-refractivity contribution is -0.165. The first kappa shape index (κ1) is 43.2. The van der Waals surface area contributed by atoms with E-state index in [4.69, 9.17) is 15.6 Å². The molecule has 2 N–H and O–H groups in total. The Balaban J connectivity index is 1.59. The second-order valence-corrected chi connectivity index (χ2v) is 17.3. The van der Waals surface area contributed by atoms with Crippen LogP contribution in [0.5, 0.6) is 0 Å².